The Morgan fingerprint density at radius 3 is 2.46 bits per heavy atom. The lowest BCUT2D eigenvalue weighted by Gasteiger charge is -2.05. The van der Waals surface area contributed by atoms with Crippen LogP contribution in [0, 0.1) is 12.7 Å². The van der Waals surface area contributed by atoms with Gasteiger partial charge in [0.25, 0.3) is 0 Å². The number of amides is 1. The van der Waals surface area contributed by atoms with Gasteiger partial charge in [0.15, 0.2) is 5.78 Å². The van der Waals surface area contributed by atoms with Gasteiger partial charge in [-0.15, -0.1) is 0 Å². The summed E-state index contributed by atoms with van der Waals surface area (Å²) in [5.74, 6) is -0.145. The number of ketones is 1. The Kier molecular flexibility index (Phi) is 4.93. The number of hydrogen-bond acceptors (Lipinski definition) is 4. The number of aromatic nitrogens is 1. The summed E-state index contributed by atoms with van der Waals surface area (Å²) >= 11 is 0. The Morgan fingerprint density at radius 1 is 1.12 bits per heavy atom. The highest BCUT2D eigenvalue weighted by Gasteiger charge is 2.17. The number of carbonyl (C=O) groups excluding carboxylic acids is 2. The molecule has 1 heterocycles. The second kappa shape index (κ2) is 7.31. The van der Waals surface area contributed by atoms with Gasteiger partial charge in [-0.25, -0.2) is 9.37 Å². The molecule has 0 atom stereocenters. The zero-order chi connectivity index (χ0) is 18.7. The molecule has 6 heteroatoms. The van der Waals surface area contributed by atoms with Crippen molar-refractivity contribution < 1.29 is 18.4 Å². The second-order valence-corrected chi connectivity index (χ2v) is 5.86. The molecule has 5 nitrogen and oxygen atoms in total. The Morgan fingerprint density at radius 2 is 1.81 bits per heavy atom. The van der Waals surface area contributed by atoms with Crippen LogP contribution in [0.15, 0.2) is 52.9 Å². The molecule has 0 aliphatic carbocycles. The minimum Gasteiger partial charge on any atom is -0.441 e. The number of Topliss-reactive ketones (excluding diaryl/α,β-unsaturated/α-hetero) is 1. The SMILES string of the molecule is CC(=O)c1ccc(NC(=O)Cc2nc(-c3ccccc3F)oc2C)cc1. The van der Waals surface area contributed by atoms with E-state index in [4.69, 9.17) is 4.42 Å². The molecule has 1 aromatic heterocycles. The van der Waals surface area contributed by atoms with E-state index in [1.807, 2.05) is 0 Å². The summed E-state index contributed by atoms with van der Waals surface area (Å²) in [5, 5.41) is 2.74. The van der Waals surface area contributed by atoms with E-state index in [0.29, 0.717) is 22.7 Å². The van der Waals surface area contributed by atoms with E-state index in [9.17, 15) is 14.0 Å². The largest absolute Gasteiger partial charge is 0.441 e. The second-order valence-electron chi connectivity index (χ2n) is 5.86. The Bertz CT molecular complexity index is 961. The van der Waals surface area contributed by atoms with Gasteiger partial charge in [-0.3, -0.25) is 9.59 Å². The van der Waals surface area contributed by atoms with Crippen LogP contribution < -0.4 is 5.32 Å². The van der Waals surface area contributed by atoms with Gasteiger partial charge in [0.2, 0.25) is 11.8 Å². The predicted molar refractivity (Wildman–Crippen MR) is 95.4 cm³/mol. The van der Waals surface area contributed by atoms with Gasteiger partial charge in [-0.2, -0.15) is 0 Å². The molecule has 1 amide bonds. The highest BCUT2D eigenvalue weighted by Crippen LogP contribution is 2.24. The summed E-state index contributed by atoms with van der Waals surface area (Å²) in [6.45, 7) is 3.16. The number of nitrogens with zero attached hydrogens (tertiary/aromatic N) is 1. The number of carbonyl (C=O) groups is 2. The molecule has 26 heavy (non-hydrogen) atoms. The fraction of sp³-hybridized carbons (Fsp3) is 0.150. The number of oxazole rings is 1. The summed E-state index contributed by atoms with van der Waals surface area (Å²) in [4.78, 5) is 27.7. The number of benzene rings is 2. The quantitative estimate of drug-likeness (QED) is 0.700. The van der Waals surface area contributed by atoms with Crippen LogP contribution in [-0.4, -0.2) is 16.7 Å². The third kappa shape index (κ3) is 3.85. The maximum atomic E-state index is 13.9. The third-order valence-electron chi connectivity index (χ3n) is 3.90. The van der Waals surface area contributed by atoms with E-state index < -0.39 is 5.82 Å². The topological polar surface area (TPSA) is 72.2 Å². The van der Waals surface area contributed by atoms with Gasteiger partial charge in [0.05, 0.1) is 17.7 Å². The summed E-state index contributed by atoms with van der Waals surface area (Å²) in [6.07, 6.45) is -0.00174. The number of anilines is 1. The van der Waals surface area contributed by atoms with Crippen molar-refractivity contribution in [2.24, 2.45) is 0 Å². The van der Waals surface area contributed by atoms with Gasteiger partial charge in [-0.05, 0) is 50.2 Å². The van der Waals surface area contributed by atoms with E-state index in [1.165, 1.54) is 13.0 Å². The molecule has 0 bridgehead atoms. The van der Waals surface area contributed by atoms with E-state index in [-0.39, 0.29) is 29.6 Å². The number of aryl methyl sites for hydroxylation is 1. The minimum absolute atomic E-state index is 0.00174. The van der Waals surface area contributed by atoms with Crippen LogP contribution in [0.1, 0.15) is 28.7 Å². The highest BCUT2D eigenvalue weighted by molar-refractivity contribution is 5.96. The molecule has 3 rings (SSSR count). The zero-order valence-corrected chi connectivity index (χ0v) is 14.4. The first-order chi connectivity index (χ1) is 12.4. The molecule has 0 radical (unpaired) electrons. The highest BCUT2D eigenvalue weighted by atomic mass is 19.1. The molecule has 0 unspecified atom stereocenters. The number of nitrogens with one attached hydrogen (secondary N) is 1. The van der Waals surface area contributed by atoms with Crippen molar-refractivity contribution in [2.75, 3.05) is 5.32 Å². The van der Waals surface area contributed by atoms with E-state index in [2.05, 4.69) is 10.3 Å². The van der Waals surface area contributed by atoms with Crippen LogP contribution in [0.3, 0.4) is 0 Å². The van der Waals surface area contributed by atoms with Gasteiger partial charge in [0.1, 0.15) is 11.6 Å². The maximum Gasteiger partial charge on any atom is 0.230 e. The molecule has 0 aliphatic heterocycles. The van der Waals surface area contributed by atoms with Crippen molar-refractivity contribution in [1.82, 2.24) is 4.98 Å². The standard InChI is InChI=1S/C20H17FN2O3/c1-12(24)14-7-9-15(10-8-14)22-19(25)11-18-13(2)26-20(23-18)16-5-3-4-6-17(16)21/h3-10H,11H2,1-2H3,(H,22,25). The summed E-state index contributed by atoms with van der Waals surface area (Å²) in [5.41, 5.74) is 1.85. The first-order valence-corrected chi connectivity index (χ1v) is 8.06. The van der Waals surface area contributed by atoms with Crippen LogP contribution in [-0.2, 0) is 11.2 Å². The zero-order valence-electron chi connectivity index (χ0n) is 14.4. The number of hydrogen-bond donors (Lipinski definition) is 1. The van der Waals surface area contributed by atoms with Crippen molar-refractivity contribution in [3.63, 3.8) is 0 Å². The average molecular weight is 352 g/mol. The van der Waals surface area contributed by atoms with Gasteiger partial charge < -0.3 is 9.73 Å². The third-order valence-corrected chi connectivity index (χ3v) is 3.90. The summed E-state index contributed by atoms with van der Waals surface area (Å²) < 4.78 is 19.4. The first-order valence-electron chi connectivity index (χ1n) is 8.06. The van der Waals surface area contributed by atoms with Gasteiger partial charge in [-0.1, -0.05) is 12.1 Å². The monoisotopic (exact) mass is 352 g/mol. The Hall–Kier alpha value is -3.28. The fourth-order valence-corrected chi connectivity index (χ4v) is 2.49. The lowest BCUT2D eigenvalue weighted by atomic mass is 10.1. The van der Waals surface area contributed by atoms with Crippen molar-refractivity contribution in [3.05, 3.63) is 71.4 Å². The number of rotatable bonds is 5. The van der Waals surface area contributed by atoms with Crippen LogP contribution in [0.2, 0.25) is 0 Å². The summed E-state index contributed by atoms with van der Waals surface area (Å²) in [7, 11) is 0. The first kappa shape index (κ1) is 17.5. The maximum absolute atomic E-state index is 13.9. The van der Waals surface area contributed by atoms with Crippen LogP contribution in [0.25, 0.3) is 11.5 Å². The molecule has 0 saturated carbocycles. The van der Waals surface area contributed by atoms with Crippen molar-refractivity contribution in [2.45, 2.75) is 20.3 Å². The van der Waals surface area contributed by atoms with E-state index >= 15 is 0 Å². The molecule has 0 fully saturated rings. The molecule has 0 spiro atoms. The lowest BCUT2D eigenvalue weighted by molar-refractivity contribution is -0.115. The van der Waals surface area contributed by atoms with Crippen LogP contribution >= 0.6 is 0 Å². The molecule has 0 aliphatic rings. The lowest BCUT2D eigenvalue weighted by Crippen LogP contribution is -2.15. The fourth-order valence-electron chi connectivity index (χ4n) is 2.49. The molecule has 1 N–H and O–H groups in total. The molecule has 0 saturated heterocycles. The Balaban J connectivity index is 1.72. The van der Waals surface area contributed by atoms with Crippen LogP contribution in [0.4, 0.5) is 10.1 Å². The van der Waals surface area contributed by atoms with Gasteiger partial charge in [0, 0.05) is 11.3 Å². The van der Waals surface area contributed by atoms with E-state index in [1.54, 1.807) is 49.4 Å². The average Bonchev–Trinajstić information content (AvgIpc) is 2.96. The summed E-state index contributed by atoms with van der Waals surface area (Å²) in [6, 6.07) is 12.8. The molecule has 132 valence electrons. The van der Waals surface area contributed by atoms with Crippen LogP contribution in [0.5, 0.6) is 0 Å². The molecular formula is C20H17FN2O3. The minimum atomic E-state index is -0.435. The molecular weight excluding hydrogens is 335 g/mol. The van der Waals surface area contributed by atoms with Gasteiger partial charge >= 0.3 is 0 Å². The van der Waals surface area contributed by atoms with Crippen molar-refractivity contribution >= 4 is 17.4 Å². The van der Waals surface area contributed by atoms with Crippen molar-refractivity contribution in [1.29, 1.82) is 0 Å². The van der Waals surface area contributed by atoms with E-state index in [0.717, 1.165) is 0 Å². The Labute approximate surface area is 149 Å². The molecule has 3 aromatic rings. The molecule has 2 aromatic carbocycles. The smallest absolute Gasteiger partial charge is 0.230 e. The van der Waals surface area contributed by atoms with Crippen molar-refractivity contribution in [3.8, 4) is 11.5 Å². The normalized spacial score (nSPS) is 10.6. The number of halogens is 1. The predicted octanol–water partition coefficient (Wildman–Crippen LogP) is 4.17.